The summed E-state index contributed by atoms with van der Waals surface area (Å²) < 4.78 is 8.98. The van der Waals surface area contributed by atoms with Gasteiger partial charge < -0.3 is 14.4 Å². The Hall–Kier alpha value is -3.19. The van der Waals surface area contributed by atoms with Gasteiger partial charge in [-0.15, -0.1) is 0 Å². The van der Waals surface area contributed by atoms with E-state index in [1.807, 2.05) is 30.3 Å². The highest BCUT2D eigenvalue weighted by molar-refractivity contribution is 14.1. The molecule has 0 bridgehead atoms. The lowest BCUT2D eigenvalue weighted by Gasteiger charge is -2.12. The normalized spacial score (nSPS) is 11.0. The molecule has 0 aliphatic rings. The fraction of sp³-hybridized carbons (Fsp3) is 0.0741. The van der Waals surface area contributed by atoms with Crippen LogP contribution < -0.4 is 10.2 Å². The van der Waals surface area contributed by atoms with Crippen molar-refractivity contribution >= 4 is 63.3 Å². The lowest BCUT2D eigenvalue weighted by molar-refractivity contribution is -0.139. The molecule has 4 aromatic rings. The van der Waals surface area contributed by atoms with Gasteiger partial charge in [0.1, 0.15) is 5.75 Å². The molecule has 0 radical (unpaired) electrons. The highest BCUT2D eigenvalue weighted by Crippen LogP contribution is 2.29. The van der Waals surface area contributed by atoms with Crippen LogP contribution in [0.1, 0.15) is 21.6 Å². The topological polar surface area (TPSA) is 92.9 Å². The van der Waals surface area contributed by atoms with Crippen molar-refractivity contribution in [3.63, 3.8) is 0 Å². The first-order valence-electron chi connectivity index (χ1n) is 10.8. The second-order valence-corrected chi connectivity index (χ2v) is 10.1. The van der Waals surface area contributed by atoms with Gasteiger partial charge >= 0.3 is 5.97 Å². The maximum Gasteiger partial charge on any atom is 0.341 e. The third-order valence-corrected chi connectivity index (χ3v) is 6.88. The number of aryl methyl sites for hydroxylation is 1. The van der Waals surface area contributed by atoms with Crippen molar-refractivity contribution in [2.24, 2.45) is 5.10 Å². The standard InChI is InChI=1S/C27H21I2N3O4/c1-17-7-12-24(19-5-3-2-4-6-19)32(17)21-10-8-20(9-11-21)27(35)31-30-15-18-13-22(28)26(23(29)14-18)36-16-25(33)34/h2-15H,16H2,1H3,(H,31,35)(H,33,34)/b30-15+. The largest absolute Gasteiger partial charge is 0.480 e. The average molecular weight is 705 g/mol. The first kappa shape index (κ1) is 25.9. The van der Waals surface area contributed by atoms with Crippen molar-refractivity contribution in [2.45, 2.75) is 6.92 Å². The second-order valence-electron chi connectivity index (χ2n) is 7.80. The van der Waals surface area contributed by atoms with Crippen LogP contribution >= 0.6 is 45.2 Å². The van der Waals surface area contributed by atoms with Gasteiger partial charge in [-0.2, -0.15) is 5.10 Å². The van der Waals surface area contributed by atoms with E-state index in [-0.39, 0.29) is 5.91 Å². The number of hydrogen-bond donors (Lipinski definition) is 2. The molecule has 0 saturated carbocycles. The highest BCUT2D eigenvalue weighted by atomic mass is 127. The summed E-state index contributed by atoms with van der Waals surface area (Å²) in [5.41, 5.74) is 8.05. The Kier molecular flexibility index (Phi) is 8.41. The molecule has 0 atom stereocenters. The van der Waals surface area contributed by atoms with E-state index in [0.29, 0.717) is 11.3 Å². The zero-order valence-corrected chi connectivity index (χ0v) is 23.4. The number of carboxylic acid groups (broad SMARTS) is 1. The number of hydrogen-bond acceptors (Lipinski definition) is 4. The van der Waals surface area contributed by atoms with E-state index in [9.17, 15) is 9.59 Å². The summed E-state index contributed by atoms with van der Waals surface area (Å²) in [5.74, 6) is -0.854. The van der Waals surface area contributed by atoms with Crippen LogP contribution in [0.15, 0.2) is 84.0 Å². The molecule has 4 rings (SSSR count). The molecule has 9 heteroatoms. The SMILES string of the molecule is Cc1ccc(-c2ccccc2)n1-c1ccc(C(=O)N/N=C/c2cc(I)c(OCC(=O)O)c(I)c2)cc1. The summed E-state index contributed by atoms with van der Waals surface area (Å²) in [6, 6.07) is 25.3. The second kappa shape index (κ2) is 11.7. The number of nitrogens with zero attached hydrogens (tertiary/aromatic N) is 2. The molecule has 0 spiro atoms. The minimum atomic E-state index is -1.04. The Morgan fingerprint density at radius 3 is 2.31 bits per heavy atom. The number of carbonyl (C=O) groups excluding carboxylic acids is 1. The van der Waals surface area contributed by atoms with Crippen LogP contribution in [0, 0.1) is 14.1 Å². The lowest BCUT2D eigenvalue weighted by Crippen LogP contribution is -2.17. The van der Waals surface area contributed by atoms with E-state index in [1.165, 1.54) is 6.21 Å². The Labute approximate surface area is 235 Å². The van der Waals surface area contributed by atoms with Crippen molar-refractivity contribution in [3.8, 4) is 22.7 Å². The number of carboxylic acids is 1. The van der Waals surface area contributed by atoms with Crippen LogP contribution in [-0.4, -0.2) is 34.4 Å². The highest BCUT2D eigenvalue weighted by Gasteiger charge is 2.12. The van der Waals surface area contributed by atoms with E-state index >= 15 is 0 Å². The van der Waals surface area contributed by atoms with Crippen molar-refractivity contribution in [1.29, 1.82) is 0 Å². The van der Waals surface area contributed by atoms with Gasteiger partial charge in [0.25, 0.3) is 5.91 Å². The number of benzene rings is 3. The number of aromatic nitrogens is 1. The molecule has 1 heterocycles. The summed E-state index contributed by atoms with van der Waals surface area (Å²) in [7, 11) is 0. The zero-order valence-electron chi connectivity index (χ0n) is 19.1. The predicted octanol–water partition coefficient (Wildman–Crippen LogP) is 5.89. The predicted molar refractivity (Wildman–Crippen MR) is 156 cm³/mol. The van der Waals surface area contributed by atoms with Gasteiger partial charge in [0, 0.05) is 16.9 Å². The molecular formula is C27H21I2N3O4. The minimum Gasteiger partial charge on any atom is -0.480 e. The maximum atomic E-state index is 12.6. The zero-order chi connectivity index (χ0) is 25.7. The van der Waals surface area contributed by atoms with E-state index in [0.717, 1.165) is 35.3 Å². The smallest absolute Gasteiger partial charge is 0.341 e. The number of aliphatic carboxylic acids is 1. The fourth-order valence-electron chi connectivity index (χ4n) is 3.63. The molecule has 0 fully saturated rings. The fourth-order valence-corrected chi connectivity index (χ4v) is 5.76. The van der Waals surface area contributed by atoms with Gasteiger partial charge in [-0.3, -0.25) is 4.79 Å². The number of carbonyl (C=O) groups is 2. The molecule has 0 aliphatic carbocycles. The summed E-state index contributed by atoms with van der Waals surface area (Å²) in [6.07, 6.45) is 1.53. The molecule has 1 aromatic heterocycles. The van der Waals surface area contributed by atoms with Crippen LogP contribution in [0.5, 0.6) is 5.75 Å². The number of ether oxygens (including phenoxy) is 1. The average Bonchev–Trinajstić information content (AvgIpc) is 3.25. The van der Waals surface area contributed by atoms with Gasteiger partial charge in [-0.1, -0.05) is 30.3 Å². The molecule has 0 saturated heterocycles. The van der Waals surface area contributed by atoms with E-state index < -0.39 is 12.6 Å². The number of amides is 1. The van der Waals surface area contributed by atoms with E-state index in [2.05, 4.69) is 91.5 Å². The molecule has 3 aromatic carbocycles. The summed E-state index contributed by atoms with van der Waals surface area (Å²) in [4.78, 5) is 23.4. The van der Waals surface area contributed by atoms with Crippen molar-refractivity contribution in [2.75, 3.05) is 6.61 Å². The van der Waals surface area contributed by atoms with Crippen LogP contribution in [-0.2, 0) is 4.79 Å². The third-order valence-electron chi connectivity index (χ3n) is 5.27. The van der Waals surface area contributed by atoms with Crippen LogP contribution in [0.2, 0.25) is 0 Å². The van der Waals surface area contributed by atoms with Crippen LogP contribution in [0.25, 0.3) is 16.9 Å². The molecule has 2 N–H and O–H groups in total. The Balaban J connectivity index is 1.45. The van der Waals surface area contributed by atoms with Gasteiger partial charge in [0.05, 0.1) is 19.0 Å². The van der Waals surface area contributed by atoms with Crippen molar-refractivity contribution < 1.29 is 19.4 Å². The summed E-state index contributed by atoms with van der Waals surface area (Å²) in [5, 5.41) is 12.9. The first-order valence-corrected chi connectivity index (χ1v) is 13.0. The third kappa shape index (κ3) is 6.13. The van der Waals surface area contributed by atoms with Gasteiger partial charge in [-0.05, 0) is 112 Å². The van der Waals surface area contributed by atoms with Gasteiger partial charge in [-0.25, -0.2) is 10.2 Å². The van der Waals surface area contributed by atoms with E-state index in [4.69, 9.17) is 9.84 Å². The number of halogens is 2. The van der Waals surface area contributed by atoms with Crippen molar-refractivity contribution in [3.05, 3.63) is 103 Å². The molecule has 0 unspecified atom stereocenters. The summed E-state index contributed by atoms with van der Waals surface area (Å²) in [6.45, 7) is 1.64. The monoisotopic (exact) mass is 705 g/mol. The maximum absolute atomic E-state index is 12.6. The number of rotatable bonds is 8. The van der Waals surface area contributed by atoms with Crippen LogP contribution in [0.4, 0.5) is 0 Å². The van der Waals surface area contributed by atoms with Gasteiger partial charge in [0.2, 0.25) is 0 Å². The first-order chi connectivity index (χ1) is 17.3. The van der Waals surface area contributed by atoms with E-state index in [1.54, 1.807) is 24.3 Å². The Morgan fingerprint density at radius 1 is 1.00 bits per heavy atom. The molecule has 36 heavy (non-hydrogen) atoms. The molecule has 1 amide bonds. The molecule has 182 valence electrons. The summed E-state index contributed by atoms with van der Waals surface area (Å²) >= 11 is 4.15. The molecule has 7 nitrogen and oxygen atoms in total. The Morgan fingerprint density at radius 2 is 1.67 bits per heavy atom. The molecular weight excluding hydrogens is 684 g/mol. The van der Waals surface area contributed by atoms with Gasteiger partial charge in [0.15, 0.2) is 6.61 Å². The quantitative estimate of drug-likeness (QED) is 0.136. The number of nitrogens with one attached hydrogen (secondary N) is 1. The number of hydrazone groups is 1. The lowest BCUT2D eigenvalue weighted by atomic mass is 10.1. The Bertz CT molecular complexity index is 1410. The minimum absolute atomic E-state index is 0.323. The molecule has 0 aliphatic heterocycles. The van der Waals surface area contributed by atoms with Crippen molar-refractivity contribution in [1.82, 2.24) is 9.99 Å². The van der Waals surface area contributed by atoms with Crippen LogP contribution in [0.3, 0.4) is 0 Å².